The molecule has 0 spiro atoms. The summed E-state index contributed by atoms with van der Waals surface area (Å²) < 4.78 is 0. The van der Waals surface area contributed by atoms with Gasteiger partial charge < -0.3 is 10.2 Å². The molecule has 2 N–H and O–H groups in total. The van der Waals surface area contributed by atoms with Crippen molar-refractivity contribution in [2.75, 3.05) is 0 Å². The number of aliphatic hydroxyl groups is 2. The highest BCUT2D eigenvalue weighted by Crippen LogP contribution is 2.37. The van der Waals surface area contributed by atoms with Gasteiger partial charge in [0.05, 0.1) is 6.10 Å². The molecule has 0 unspecified atom stereocenters. The van der Waals surface area contributed by atoms with Crippen LogP contribution in [0.3, 0.4) is 0 Å². The third kappa shape index (κ3) is 3.34. The fourth-order valence-corrected chi connectivity index (χ4v) is 2.90. The Morgan fingerprint density at radius 1 is 0.652 bits per heavy atom. The molecule has 0 amide bonds. The molecule has 3 rings (SSSR count). The molecule has 0 aliphatic carbocycles. The van der Waals surface area contributed by atoms with Gasteiger partial charge in [0.15, 0.2) is 0 Å². The second-order valence-electron chi connectivity index (χ2n) is 5.72. The van der Waals surface area contributed by atoms with E-state index in [-0.39, 0.29) is 6.42 Å². The number of hydrogen-bond donors (Lipinski definition) is 2. The SMILES string of the molecule is O[C@@H](CC(O)(c1ccccc1)c1ccccc1)c1ccccc1. The number of rotatable bonds is 5. The lowest BCUT2D eigenvalue weighted by Crippen LogP contribution is -2.29. The topological polar surface area (TPSA) is 40.5 Å². The molecule has 0 radical (unpaired) electrons. The quantitative estimate of drug-likeness (QED) is 0.746. The van der Waals surface area contributed by atoms with Crippen LogP contribution in [-0.4, -0.2) is 10.2 Å². The fourth-order valence-electron chi connectivity index (χ4n) is 2.90. The molecule has 0 fully saturated rings. The van der Waals surface area contributed by atoms with E-state index in [1.54, 1.807) is 0 Å². The maximum absolute atomic E-state index is 11.4. The van der Waals surface area contributed by atoms with Gasteiger partial charge in [0, 0.05) is 6.42 Å². The van der Waals surface area contributed by atoms with Crippen molar-refractivity contribution in [2.24, 2.45) is 0 Å². The van der Waals surface area contributed by atoms with Gasteiger partial charge in [-0.15, -0.1) is 0 Å². The molecule has 23 heavy (non-hydrogen) atoms. The molecule has 0 saturated carbocycles. The lowest BCUT2D eigenvalue weighted by Gasteiger charge is -2.31. The Hall–Kier alpha value is -2.42. The Balaban J connectivity index is 2.00. The summed E-state index contributed by atoms with van der Waals surface area (Å²) in [5.41, 5.74) is 1.12. The van der Waals surface area contributed by atoms with E-state index in [9.17, 15) is 10.2 Å². The van der Waals surface area contributed by atoms with Crippen LogP contribution in [0.5, 0.6) is 0 Å². The zero-order valence-electron chi connectivity index (χ0n) is 12.8. The van der Waals surface area contributed by atoms with Crippen LogP contribution in [0.1, 0.15) is 29.2 Å². The van der Waals surface area contributed by atoms with Gasteiger partial charge in [0.2, 0.25) is 0 Å². The van der Waals surface area contributed by atoms with Crippen molar-refractivity contribution in [1.29, 1.82) is 0 Å². The lowest BCUT2D eigenvalue weighted by molar-refractivity contribution is 0.0168. The van der Waals surface area contributed by atoms with E-state index in [1.165, 1.54) is 0 Å². The van der Waals surface area contributed by atoms with E-state index in [2.05, 4.69) is 0 Å². The standard InChI is InChI=1S/C21H20O2/c22-20(17-10-4-1-5-11-17)16-21(23,18-12-6-2-7-13-18)19-14-8-3-9-15-19/h1-15,20,22-23H,16H2/t20-/m0/s1. The van der Waals surface area contributed by atoms with Crippen LogP contribution in [0.4, 0.5) is 0 Å². The molecule has 3 aromatic rings. The largest absolute Gasteiger partial charge is 0.388 e. The minimum Gasteiger partial charge on any atom is -0.388 e. The molecule has 3 aromatic carbocycles. The smallest absolute Gasteiger partial charge is 0.117 e. The molecule has 0 heterocycles. The van der Waals surface area contributed by atoms with Crippen molar-refractivity contribution in [1.82, 2.24) is 0 Å². The molecule has 2 heteroatoms. The van der Waals surface area contributed by atoms with Gasteiger partial charge in [-0.2, -0.15) is 0 Å². The highest BCUT2D eigenvalue weighted by Gasteiger charge is 2.34. The zero-order valence-corrected chi connectivity index (χ0v) is 12.8. The molecule has 116 valence electrons. The summed E-state index contributed by atoms with van der Waals surface area (Å²) >= 11 is 0. The zero-order chi connectivity index (χ0) is 16.1. The Kier molecular flexibility index (Phi) is 4.56. The molecular formula is C21H20O2. The van der Waals surface area contributed by atoms with E-state index in [4.69, 9.17) is 0 Å². The van der Waals surface area contributed by atoms with E-state index < -0.39 is 11.7 Å². The average molecular weight is 304 g/mol. The predicted molar refractivity (Wildman–Crippen MR) is 91.9 cm³/mol. The summed E-state index contributed by atoms with van der Waals surface area (Å²) in [6.45, 7) is 0. The van der Waals surface area contributed by atoms with Crippen LogP contribution in [-0.2, 0) is 5.60 Å². The van der Waals surface area contributed by atoms with Crippen LogP contribution < -0.4 is 0 Å². The van der Waals surface area contributed by atoms with E-state index in [0.717, 1.165) is 16.7 Å². The molecule has 0 aliphatic heterocycles. The van der Waals surface area contributed by atoms with Gasteiger partial charge in [-0.1, -0.05) is 91.0 Å². The Morgan fingerprint density at radius 3 is 1.48 bits per heavy atom. The summed E-state index contributed by atoms with van der Waals surface area (Å²) in [5.74, 6) is 0. The maximum atomic E-state index is 11.4. The second kappa shape index (κ2) is 6.78. The first-order chi connectivity index (χ1) is 11.2. The van der Waals surface area contributed by atoms with Crippen LogP contribution in [0.25, 0.3) is 0 Å². The molecule has 0 aromatic heterocycles. The normalized spacial score (nSPS) is 12.8. The van der Waals surface area contributed by atoms with Crippen molar-refractivity contribution < 1.29 is 10.2 Å². The minimum absolute atomic E-state index is 0.199. The van der Waals surface area contributed by atoms with Gasteiger partial charge in [-0.3, -0.25) is 0 Å². The molecule has 0 bridgehead atoms. The first-order valence-corrected chi connectivity index (χ1v) is 7.76. The summed E-state index contributed by atoms with van der Waals surface area (Å²) in [4.78, 5) is 0. The number of benzene rings is 3. The Bertz CT molecular complexity index is 684. The molecule has 2 nitrogen and oxygen atoms in total. The fraction of sp³-hybridized carbons (Fsp3) is 0.143. The van der Waals surface area contributed by atoms with Crippen molar-refractivity contribution in [3.63, 3.8) is 0 Å². The van der Waals surface area contributed by atoms with E-state index in [0.29, 0.717) is 0 Å². The third-order valence-electron chi connectivity index (χ3n) is 4.18. The van der Waals surface area contributed by atoms with Gasteiger partial charge in [0.1, 0.15) is 5.60 Å². The summed E-state index contributed by atoms with van der Waals surface area (Å²) in [5, 5.41) is 22.0. The van der Waals surface area contributed by atoms with Gasteiger partial charge >= 0.3 is 0 Å². The highest BCUT2D eigenvalue weighted by atomic mass is 16.3. The van der Waals surface area contributed by atoms with Crippen molar-refractivity contribution in [3.8, 4) is 0 Å². The number of hydrogen-bond acceptors (Lipinski definition) is 2. The third-order valence-corrected chi connectivity index (χ3v) is 4.18. The van der Waals surface area contributed by atoms with Crippen LogP contribution >= 0.6 is 0 Å². The van der Waals surface area contributed by atoms with Crippen molar-refractivity contribution in [3.05, 3.63) is 108 Å². The Morgan fingerprint density at radius 2 is 1.04 bits per heavy atom. The summed E-state index contributed by atoms with van der Waals surface area (Å²) in [6, 6.07) is 28.5. The predicted octanol–water partition coefficient (Wildman–Crippen LogP) is 4.05. The highest BCUT2D eigenvalue weighted by molar-refractivity contribution is 5.36. The molecule has 1 atom stereocenters. The minimum atomic E-state index is -1.24. The first kappa shape index (κ1) is 15.5. The maximum Gasteiger partial charge on any atom is 0.117 e. The van der Waals surface area contributed by atoms with Gasteiger partial charge in [-0.05, 0) is 16.7 Å². The summed E-state index contributed by atoms with van der Waals surface area (Å²) in [7, 11) is 0. The van der Waals surface area contributed by atoms with E-state index in [1.807, 2.05) is 91.0 Å². The van der Waals surface area contributed by atoms with Crippen LogP contribution in [0, 0.1) is 0 Å². The molecular weight excluding hydrogens is 284 g/mol. The van der Waals surface area contributed by atoms with Crippen LogP contribution in [0.2, 0.25) is 0 Å². The molecule has 0 saturated heterocycles. The monoisotopic (exact) mass is 304 g/mol. The Labute approximate surface area is 136 Å². The van der Waals surface area contributed by atoms with E-state index >= 15 is 0 Å². The summed E-state index contributed by atoms with van der Waals surface area (Å²) in [6.07, 6.45) is -0.549. The molecule has 0 aliphatic rings. The second-order valence-corrected chi connectivity index (χ2v) is 5.72. The first-order valence-electron chi connectivity index (χ1n) is 7.76. The van der Waals surface area contributed by atoms with Crippen molar-refractivity contribution >= 4 is 0 Å². The number of aliphatic hydroxyl groups excluding tert-OH is 1. The van der Waals surface area contributed by atoms with Gasteiger partial charge in [-0.25, -0.2) is 0 Å². The average Bonchev–Trinajstić information content (AvgIpc) is 2.64. The van der Waals surface area contributed by atoms with Crippen molar-refractivity contribution in [2.45, 2.75) is 18.1 Å². The van der Waals surface area contributed by atoms with Crippen LogP contribution in [0.15, 0.2) is 91.0 Å². The van der Waals surface area contributed by atoms with Gasteiger partial charge in [0.25, 0.3) is 0 Å². The lowest BCUT2D eigenvalue weighted by atomic mass is 9.81.